The molecule has 1 N–H and O–H groups in total. The summed E-state index contributed by atoms with van der Waals surface area (Å²) in [5.41, 5.74) is 0.509. The average molecular weight is 197 g/mol. The fourth-order valence-corrected chi connectivity index (χ4v) is 2.89. The van der Waals surface area contributed by atoms with Crippen molar-refractivity contribution in [3.8, 4) is 0 Å². The summed E-state index contributed by atoms with van der Waals surface area (Å²) in [6.07, 6.45) is 5.59. The summed E-state index contributed by atoms with van der Waals surface area (Å²) in [7, 11) is 0. The van der Waals surface area contributed by atoms with Gasteiger partial charge in [0.1, 0.15) is 0 Å². The van der Waals surface area contributed by atoms with Gasteiger partial charge in [-0.05, 0) is 49.6 Å². The van der Waals surface area contributed by atoms with E-state index in [-0.39, 0.29) is 0 Å². The van der Waals surface area contributed by atoms with E-state index in [0.29, 0.717) is 5.41 Å². The molecule has 84 valence electrons. The molecule has 1 saturated carbocycles. The van der Waals surface area contributed by atoms with Crippen molar-refractivity contribution in [3.05, 3.63) is 0 Å². The fourth-order valence-electron chi connectivity index (χ4n) is 2.89. The SMILES string of the molecule is CCCNCC1CCCC1C(C)(C)C. The Morgan fingerprint density at radius 3 is 2.50 bits per heavy atom. The van der Waals surface area contributed by atoms with E-state index in [1.54, 1.807) is 0 Å². The smallest absolute Gasteiger partial charge is 0.00177 e. The molecule has 0 aromatic rings. The number of nitrogens with one attached hydrogen (secondary N) is 1. The number of hydrogen-bond acceptors (Lipinski definition) is 1. The van der Waals surface area contributed by atoms with Crippen LogP contribution in [0.25, 0.3) is 0 Å². The van der Waals surface area contributed by atoms with Crippen LogP contribution in [0.3, 0.4) is 0 Å². The van der Waals surface area contributed by atoms with E-state index in [2.05, 4.69) is 33.0 Å². The Bertz CT molecular complexity index is 157. The van der Waals surface area contributed by atoms with Gasteiger partial charge < -0.3 is 5.32 Å². The Morgan fingerprint density at radius 1 is 1.21 bits per heavy atom. The van der Waals surface area contributed by atoms with Crippen LogP contribution in [0.4, 0.5) is 0 Å². The molecule has 1 rings (SSSR count). The van der Waals surface area contributed by atoms with Gasteiger partial charge in [-0.25, -0.2) is 0 Å². The van der Waals surface area contributed by atoms with Crippen molar-refractivity contribution in [3.63, 3.8) is 0 Å². The van der Waals surface area contributed by atoms with Crippen molar-refractivity contribution < 1.29 is 0 Å². The van der Waals surface area contributed by atoms with Gasteiger partial charge in [0.2, 0.25) is 0 Å². The quantitative estimate of drug-likeness (QED) is 0.681. The first kappa shape index (κ1) is 12.0. The van der Waals surface area contributed by atoms with Crippen LogP contribution in [0, 0.1) is 17.3 Å². The number of rotatable bonds is 4. The summed E-state index contributed by atoms with van der Waals surface area (Å²) in [6.45, 7) is 11.9. The Hall–Kier alpha value is -0.0400. The van der Waals surface area contributed by atoms with E-state index >= 15 is 0 Å². The molecule has 0 heterocycles. The van der Waals surface area contributed by atoms with E-state index in [9.17, 15) is 0 Å². The van der Waals surface area contributed by atoms with Crippen molar-refractivity contribution in [2.75, 3.05) is 13.1 Å². The Morgan fingerprint density at radius 2 is 1.93 bits per heavy atom. The second-order valence-electron chi connectivity index (χ2n) is 5.87. The molecule has 1 aliphatic carbocycles. The highest BCUT2D eigenvalue weighted by molar-refractivity contribution is 4.86. The van der Waals surface area contributed by atoms with Gasteiger partial charge in [0, 0.05) is 0 Å². The highest BCUT2D eigenvalue weighted by Gasteiger charge is 2.35. The minimum atomic E-state index is 0.509. The third kappa shape index (κ3) is 3.27. The summed E-state index contributed by atoms with van der Waals surface area (Å²) < 4.78 is 0. The molecule has 0 saturated heterocycles. The second-order valence-corrected chi connectivity index (χ2v) is 5.87. The molecule has 0 aromatic carbocycles. The maximum atomic E-state index is 3.58. The largest absolute Gasteiger partial charge is 0.316 e. The van der Waals surface area contributed by atoms with Gasteiger partial charge >= 0.3 is 0 Å². The van der Waals surface area contributed by atoms with Crippen LogP contribution in [0.15, 0.2) is 0 Å². The standard InChI is InChI=1S/C13H27N/c1-5-9-14-10-11-7-6-8-12(11)13(2,3)4/h11-12,14H,5-10H2,1-4H3. The zero-order valence-electron chi connectivity index (χ0n) is 10.4. The van der Waals surface area contributed by atoms with Gasteiger partial charge in [0.15, 0.2) is 0 Å². The van der Waals surface area contributed by atoms with Crippen molar-refractivity contribution in [1.82, 2.24) is 5.32 Å². The van der Waals surface area contributed by atoms with Gasteiger partial charge in [-0.15, -0.1) is 0 Å². The molecule has 1 aliphatic rings. The van der Waals surface area contributed by atoms with Crippen LogP contribution in [-0.4, -0.2) is 13.1 Å². The summed E-state index contributed by atoms with van der Waals surface area (Å²) in [5, 5.41) is 3.58. The first-order valence-electron chi connectivity index (χ1n) is 6.26. The third-order valence-corrected chi connectivity index (χ3v) is 3.60. The average Bonchev–Trinajstić information content (AvgIpc) is 2.52. The van der Waals surface area contributed by atoms with Crippen LogP contribution in [0.2, 0.25) is 0 Å². The Balaban J connectivity index is 2.36. The molecule has 0 spiro atoms. The van der Waals surface area contributed by atoms with Crippen molar-refractivity contribution >= 4 is 0 Å². The molecule has 14 heavy (non-hydrogen) atoms. The first-order valence-corrected chi connectivity index (χ1v) is 6.26. The highest BCUT2D eigenvalue weighted by atomic mass is 14.9. The van der Waals surface area contributed by atoms with E-state index in [1.165, 1.54) is 38.8 Å². The van der Waals surface area contributed by atoms with E-state index < -0.39 is 0 Å². The van der Waals surface area contributed by atoms with Gasteiger partial charge in [-0.2, -0.15) is 0 Å². The molecule has 1 heteroatoms. The topological polar surface area (TPSA) is 12.0 Å². The first-order chi connectivity index (χ1) is 6.55. The lowest BCUT2D eigenvalue weighted by Gasteiger charge is -2.32. The molecule has 1 nitrogen and oxygen atoms in total. The lowest BCUT2D eigenvalue weighted by molar-refractivity contribution is 0.183. The molecule has 2 atom stereocenters. The Kier molecular flexibility index (Phi) is 4.43. The molecule has 1 fully saturated rings. The van der Waals surface area contributed by atoms with Crippen molar-refractivity contribution in [2.45, 2.75) is 53.4 Å². The molecule has 0 aliphatic heterocycles. The highest BCUT2D eigenvalue weighted by Crippen LogP contribution is 2.42. The molecule has 2 unspecified atom stereocenters. The monoisotopic (exact) mass is 197 g/mol. The molecule has 0 radical (unpaired) electrons. The third-order valence-electron chi connectivity index (χ3n) is 3.60. The molecule has 0 bridgehead atoms. The predicted octanol–water partition coefficient (Wildman–Crippen LogP) is 3.45. The zero-order chi connectivity index (χ0) is 10.6. The van der Waals surface area contributed by atoms with Crippen LogP contribution in [0.1, 0.15) is 53.4 Å². The number of hydrogen-bond donors (Lipinski definition) is 1. The maximum Gasteiger partial charge on any atom is -0.00177 e. The van der Waals surface area contributed by atoms with Crippen molar-refractivity contribution in [1.29, 1.82) is 0 Å². The maximum absolute atomic E-state index is 3.58. The second kappa shape index (κ2) is 5.16. The van der Waals surface area contributed by atoms with Gasteiger partial charge in [0.05, 0.1) is 0 Å². The lowest BCUT2D eigenvalue weighted by Crippen LogP contribution is -2.31. The fraction of sp³-hybridized carbons (Fsp3) is 1.00. The zero-order valence-corrected chi connectivity index (χ0v) is 10.4. The minimum absolute atomic E-state index is 0.509. The van der Waals surface area contributed by atoms with Gasteiger partial charge in [0.25, 0.3) is 0 Å². The molecule has 0 amide bonds. The van der Waals surface area contributed by atoms with E-state index in [0.717, 1.165) is 11.8 Å². The minimum Gasteiger partial charge on any atom is -0.316 e. The van der Waals surface area contributed by atoms with Crippen LogP contribution < -0.4 is 5.32 Å². The molecular weight excluding hydrogens is 170 g/mol. The summed E-state index contributed by atoms with van der Waals surface area (Å²) in [4.78, 5) is 0. The van der Waals surface area contributed by atoms with Crippen LogP contribution in [0.5, 0.6) is 0 Å². The van der Waals surface area contributed by atoms with Crippen LogP contribution in [-0.2, 0) is 0 Å². The van der Waals surface area contributed by atoms with E-state index in [4.69, 9.17) is 0 Å². The summed E-state index contributed by atoms with van der Waals surface area (Å²) in [6, 6.07) is 0. The van der Waals surface area contributed by atoms with Crippen LogP contribution >= 0.6 is 0 Å². The lowest BCUT2D eigenvalue weighted by atomic mass is 9.75. The van der Waals surface area contributed by atoms with Gasteiger partial charge in [-0.3, -0.25) is 0 Å². The van der Waals surface area contributed by atoms with E-state index in [1.807, 2.05) is 0 Å². The molecule has 0 aromatic heterocycles. The van der Waals surface area contributed by atoms with Crippen molar-refractivity contribution in [2.24, 2.45) is 17.3 Å². The summed E-state index contributed by atoms with van der Waals surface area (Å²) in [5.74, 6) is 1.87. The Labute approximate surface area is 89.7 Å². The normalized spacial score (nSPS) is 28.3. The molecular formula is C13H27N. The van der Waals surface area contributed by atoms with Gasteiger partial charge in [-0.1, -0.05) is 34.1 Å². The predicted molar refractivity (Wildman–Crippen MR) is 63.4 cm³/mol. The summed E-state index contributed by atoms with van der Waals surface area (Å²) >= 11 is 0.